The van der Waals surface area contributed by atoms with Crippen LogP contribution in [0.5, 0.6) is 0 Å². The second kappa shape index (κ2) is 4.03. The Kier molecular flexibility index (Phi) is 3.59. The molecule has 94 valence electrons. The molecule has 0 aromatic carbocycles. The smallest absolute Gasteiger partial charge is 0 e. The van der Waals surface area contributed by atoms with Gasteiger partial charge in [-0.05, 0) is 16.7 Å². The van der Waals surface area contributed by atoms with Crippen LogP contribution in [-0.2, 0) is 21.7 Å². The second-order valence-electron chi connectivity index (χ2n) is 6.83. The summed E-state index contributed by atoms with van der Waals surface area (Å²) in [5, 5.41) is 0. The van der Waals surface area contributed by atoms with Crippen molar-refractivity contribution in [1.29, 1.82) is 0 Å². The quantitative estimate of drug-likeness (QED) is 0.436. The van der Waals surface area contributed by atoms with E-state index in [9.17, 15) is 0 Å². The molecule has 2 aliphatic rings. The van der Waals surface area contributed by atoms with Gasteiger partial charge >= 0.3 is 0 Å². The van der Waals surface area contributed by atoms with E-state index in [0.717, 1.165) is 0 Å². The first-order chi connectivity index (χ1) is 7.17. The van der Waals surface area contributed by atoms with Crippen molar-refractivity contribution in [3.05, 3.63) is 29.7 Å². The molecule has 17 heavy (non-hydrogen) atoms. The Bertz CT molecular complexity index is 373. The van der Waals surface area contributed by atoms with Gasteiger partial charge in [-0.1, -0.05) is 53.0 Å². The zero-order valence-electron chi connectivity index (χ0n) is 12.3. The van der Waals surface area contributed by atoms with Crippen molar-refractivity contribution in [2.75, 3.05) is 0 Å². The van der Waals surface area contributed by atoms with Crippen molar-refractivity contribution in [3.63, 3.8) is 0 Å². The number of allylic oxidation sites excluding steroid dienone is 4. The molecule has 2 unspecified atom stereocenters. The largest absolute Gasteiger partial charge is 0.209 e. The first-order valence-electron chi connectivity index (χ1n) is 6.40. The number of rotatable bonds is 0. The third kappa shape index (κ3) is 1.50. The van der Waals surface area contributed by atoms with Gasteiger partial charge in [-0.3, -0.25) is 0 Å². The average Bonchev–Trinajstić information content (AvgIpc) is 2.29. The van der Waals surface area contributed by atoms with Gasteiger partial charge < -0.3 is 0 Å². The monoisotopic (exact) mass is 265 g/mol. The molecule has 1 fully saturated rings. The zero-order valence-corrected chi connectivity index (χ0v) is 13.9. The van der Waals surface area contributed by atoms with Crippen LogP contribution in [0.4, 0.5) is 0 Å². The van der Waals surface area contributed by atoms with Crippen molar-refractivity contribution in [2.24, 2.45) is 22.2 Å². The van der Waals surface area contributed by atoms with Crippen molar-refractivity contribution in [2.45, 2.75) is 48.5 Å². The SMILES string of the molecule is C[C-]1C2=CC=CC(C)C2(C)C(C)(C)C1(C)C.[Ti]. The molecule has 0 heterocycles. The van der Waals surface area contributed by atoms with Crippen LogP contribution in [0.2, 0.25) is 0 Å². The molecule has 0 N–H and O–H groups in total. The van der Waals surface area contributed by atoms with Crippen molar-refractivity contribution < 1.29 is 21.7 Å². The Balaban J connectivity index is 0.00000144. The maximum Gasteiger partial charge on any atom is 0 e. The predicted octanol–water partition coefficient (Wildman–Crippen LogP) is 4.78. The van der Waals surface area contributed by atoms with Gasteiger partial charge in [0.15, 0.2) is 0 Å². The van der Waals surface area contributed by atoms with E-state index in [2.05, 4.69) is 66.7 Å². The first kappa shape index (κ1) is 15.1. The summed E-state index contributed by atoms with van der Waals surface area (Å²) in [6.07, 6.45) is 6.94. The van der Waals surface area contributed by atoms with Crippen LogP contribution in [0.3, 0.4) is 0 Å². The molecule has 1 heteroatoms. The summed E-state index contributed by atoms with van der Waals surface area (Å²) in [5.41, 5.74) is 2.46. The van der Waals surface area contributed by atoms with Gasteiger partial charge in [0.2, 0.25) is 0 Å². The molecule has 0 spiro atoms. The fourth-order valence-electron chi connectivity index (χ4n) is 3.80. The number of hydrogen-bond donors (Lipinski definition) is 0. The fourth-order valence-corrected chi connectivity index (χ4v) is 3.80. The van der Waals surface area contributed by atoms with Crippen molar-refractivity contribution in [3.8, 4) is 0 Å². The Morgan fingerprint density at radius 1 is 1.12 bits per heavy atom. The average molecular weight is 265 g/mol. The molecule has 2 aliphatic carbocycles. The maximum atomic E-state index is 2.45. The van der Waals surface area contributed by atoms with Crippen molar-refractivity contribution >= 4 is 0 Å². The summed E-state index contributed by atoms with van der Waals surface area (Å²) < 4.78 is 0. The number of hydrogen-bond acceptors (Lipinski definition) is 0. The molecule has 0 bridgehead atoms. The molecule has 2 atom stereocenters. The third-order valence-corrected chi connectivity index (χ3v) is 6.34. The summed E-state index contributed by atoms with van der Waals surface area (Å²) in [6.45, 7) is 16.8. The van der Waals surface area contributed by atoms with Gasteiger partial charge in [0, 0.05) is 21.7 Å². The zero-order chi connectivity index (χ0) is 12.4. The fraction of sp³-hybridized carbons (Fsp3) is 0.688. The van der Waals surface area contributed by atoms with Crippen LogP contribution in [-0.4, -0.2) is 0 Å². The van der Waals surface area contributed by atoms with E-state index in [1.807, 2.05) is 0 Å². The molecule has 0 aliphatic heterocycles. The van der Waals surface area contributed by atoms with E-state index in [-0.39, 0.29) is 32.5 Å². The minimum atomic E-state index is 0. The maximum absolute atomic E-state index is 2.45. The van der Waals surface area contributed by atoms with E-state index in [1.54, 1.807) is 11.5 Å². The molecule has 2 rings (SSSR count). The van der Waals surface area contributed by atoms with Gasteiger partial charge in [-0.2, -0.15) is 0 Å². The summed E-state index contributed by atoms with van der Waals surface area (Å²) >= 11 is 0. The Labute approximate surface area is 122 Å². The molecule has 0 amide bonds. The molecule has 0 aromatic heterocycles. The standard InChI is InChI=1S/C16H25.Ti/c1-11-9-8-10-13-12(2)14(3,4)15(5,6)16(11,13)7;/h8-11H,1-7H3;/q-1;. The normalized spacial score (nSPS) is 37.2. The van der Waals surface area contributed by atoms with Gasteiger partial charge in [0.25, 0.3) is 0 Å². The summed E-state index contributed by atoms with van der Waals surface area (Å²) in [6, 6.07) is 0. The second-order valence-corrected chi connectivity index (χ2v) is 6.83. The van der Waals surface area contributed by atoms with Crippen molar-refractivity contribution in [1.82, 2.24) is 0 Å². The van der Waals surface area contributed by atoms with Gasteiger partial charge in [-0.25, -0.2) is 17.6 Å². The summed E-state index contributed by atoms with van der Waals surface area (Å²) in [5.74, 6) is 2.20. The third-order valence-electron chi connectivity index (χ3n) is 6.34. The molecule has 0 aromatic rings. The van der Waals surface area contributed by atoms with Crippen LogP contribution < -0.4 is 0 Å². The van der Waals surface area contributed by atoms with E-state index in [0.29, 0.717) is 11.3 Å². The minimum absolute atomic E-state index is 0. The first-order valence-corrected chi connectivity index (χ1v) is 6.40. The predicted molar refractivity (Wildman–Crippen MR) is 71.0 cm³/mol. The number of fused-ring (bicyclic) bond motifs is 1. The van der Waals surface area contributed by atoms with E-state index < -0.39 is 0 Å². The van der Waals surface area contributed by atoms with Gasteiger partial charge in [-0.15, -0.1) is 13.0 Å². The molecule has 0 nitrogen and oxygen atoms in total. The van der Waals surface area contributed by atoms with Crippen LogP contribution in [0.25, 0.3) is 0 Å². The molecule has 1 saturated carbocycles. The van der Waals surface area contributed by atoms with Crippen LogP contribution in [0, 0.1) is 28.1 Å². The molecule has 0 saturated heterocycles. The van der Waals surface area contributed by atoms with E-state index in [4.69, 9.17) is 0 Å². The van der Waals surface area contributed by atoms with E-state index in [1.165, 1.54) is 0 Å². The summed E-state index contributed by atoms with van der Waals surface area (Å²) in [7, 11) is 0. The van der Waals surface area contributed by atoms with Crippen LogP contribution >= 0.6 is 0 Å². The minimum Gasteiger partial charge on any atom is -0.209 e. The Morgan fingerprint density at radius 3 is 2.12 bits per heavy atom. The summed E-state index contributed by atoms with van der Waals surface area (Å²) in [4.78, 5) is 0. The topological polar surface area (TPSA) is 0 Å². The molecular formula is C16H25Ti-. The molecule has 0 radical (unpaired) electrons. The van der Waals surface area contributed by atoms with Gasteiger partial charge in [0.05, 0.1) is 0 Å². The van der Waals surface area contributed by atoms with Crippen LogP contribution in [0.15, 0.2) is 23.8 Å². The Morgan fingerprint density at radius 2 is 1.65 bits per heavy atom. The molecular weight excluding hydrogens is 240 g/mol. The van der Waals surface area contributed by atoms with Crippen LogP contribution in [0.1, 0.15) is 48.5 Å². The Hall–Kier alpha value is 0.0643. The van der Waals surface area contributed by atoms with E-state index >= 15 is 0 Å². The van der Waals surface area contributed by atoms with Gasteiger partial charge in [0.1, 0.15) is 0 Å².